The number of likely N-dealkylation sites (tertiary alicyclic amines) is 2. The Bertz CT molecular complexity index is 2130. The Balaban J connectivity index is 1.08. The van der Waals surface area contributed by atoms with Gasteiger partial charge in [0, 0.05) is 79.9 Å². The van der Waals surface area contributed by atoms with Crippen molar-refractivity contribution in [3.05, 3.63) is 83.0 Å². The maximum atomic E-state index is 11.8. The molecular weight excluding hydrogens is 668 g/mol. The van der Waals surface area contributed by atoms with Crippen LogP contribution in [0.15, 0.2) is 66.9 Å². The Labute approximate surface area is 301 Å². The van der Waals surface area contributed by atoms with Crippen molar-refractivity contribution in [2.45, 2.75) is 44.0 Å². The lowest BCUT2D eigenvalue weighted by Gasteiger charge is -2.48. The van der Waals surface area contributed by atoms with Gasteiger partial charge in [0.15, 0.2) is 0 Å². The summed E-state index contributed by atoms with van der Waals surface area (Å²) in [5, 5.41) is 19.7. The van der Waals surface area contributed by atoms with Crippen LogP contribution in [-0.2, 0) is 17.9 Å². The number of aromatic nitrogens is 3. The molecule has 3 aliphatic heterocycles. The summed E-state index contributed by atoms with van der Waals surface area (Å²) in [4.78, 5) is 21.1. The van der Waals surface area contributed by atoms with Crippen LogP contribution in [-0.4, -0.2) is 94.2 Å². The molecule has 3 saturated heterocycles. The van der Waals surface area contributed by atoms with Crippen LogP contribution in [0.5, 0.6) is 17.4 Å². The lowest BCUT2D eigenvalue weighted by Crippen LogP contribution is -2.66. The number of benzene rings is 3. The van der Waals surface area contributed by atoms with Gasteiger partial charge in [-0.05, 0) is 31.0 Å². The van der Waals surface area contributed by atoms with Gasteiger partial charge in [0.25, 0.3) is 0 Å². The van der Waals surface area contributed by atoms with Crippen LogP contribution in [0.3, 0.4) is 0 Å². The number of hydrogen-bond acceptors (Lipinski definition) is 9. The molecule has 11 nitrogen and oxygen atoms in total. The number of rotatable bonds is 10. The monoisotopic (exact) mass is 708 g/mol. The van der Waals surface area contributed by atoms with Crippen molar-refractivity contribution < 1.29 is 24.1 Å². The third kappa shape index (κ3) is 6.08. The first-order valence-corrected chi connectivity index (χ1v) is 17.5. The summed E-state index contributed by atoms with van der Waals surface area (Å²) in [5.41, 5.74) is 6.19. The fourth-order valence-electron chi connectivity index (χ4n) is 8.02. The summed E-state index contributed by atoms with van der Waals surface area (Å²) in [7, 11) is 4.94. The minimum atomic E-state index is -0.668. The molecule has 0 saturated carbocycles. The molecule has 0 unspecified atom stereocenters. The molecule has 0 aliphatic carbocycles. The van der Waals surface area contributed by atoms with Gasteiger partial charge in [0.05, 0.1) is 66.2 Å². The van der Waals surface area contributed by atoms with Crippen molar-refractivity contribution >= 4 is 28.4 Å². The molecule has 12 heteroatoms. The number of carbonyl (C=O) groups is 1. The number of nitrogens with zero attached hydrogens (tertiary/aromatic N) is 5. The van der Waals surface area contributed by atoms with Crippen LogP contribution in [0.2, 0.25) is 5.02 Å². The highest BCUT2D eigenvalue weighted by molar-refractivity contribution is 6.36. The minimum absolute atomic E-state index is 0.0756. The lowest BCUT2D eigenvalue weighted by molar-refractivity contribution is -0.120. The highest BCUT2D eigenvalue weighted by Gasteiger charge is 2.47. The quantitative estimate of drug-likeness (QED) is 0.195. The molecule has 0 bridgehead atoms. The number of fused-ring (bicyclic) bond motifs is 1. The maximum absolute atomic E-state index is 11.8. The topological polar surface area (TPSA) is 114 Å². The minimum Gasteiger partial charge on any atom is -0.496 e. The Hall–Kier alpha value is -4.68. The Morgan fingerprint density at radius 2 is 1.57 bits per heavy atom. The van der Waals surface area contributed by atoms with E-state index in [1.54, 1.807) is 21.3 Å². The highest BCUT2D eigenvalue weighted by atomic mass is 35.5. The van der Waals surface area contributed by atoms with Gasteiger partial charge in [-0.25, -0.2) is 9.67 Å². The zero-order valence-corrected chi connectivity index (χ0v) is 30.0. The van der Waals surface area contributed by atoms with E-state index in [0.29, 0.717) is 55.0 Å². The number of carbonyl (C=O) groups excluding carboxylic acids is 1. The third-order valence-corrected chi connectivity index (χ3v) is 10.7. The average Bonchev–Trinajstić information content (AvgIpc) is 3.72. The molecule has 264 valence electrons. The van der Waals surface area contributed by atoms with E-state index in [0.717, 1.165) is 69.6 Å². The van der Waals surface area contributed by atoms with Crippen molar-refractivity contribution in [3.8, 4) is 45.5 Å². The zero-order chi connectivity index (χ0) is 35.5. The van der Waals surface area contributed by atoms with Crippen molar-refractivity contribution in [2.75, 3.05) is 47.5 Å². The van der Waals surface area contributed by atoms with Crippen LogP contribution >= 0.6 is 11.6 Å². The van der Waals surface area contributed by atoms with Crippen molar-refractivity contribution in [1.82, 2.24) is 29.9 Å². The van der Waals surface area contributed by atoms with E-state index in [9.17, 15) is 9.90 Å². The predicted octanol–water partition coefficient (Wildman–Crippen LogP) is 5.46. The molecule has 5 aromatic rings. The largest absolute Gasteiger partial charge is 0.496 e. The molecule has 1 spiro atoms. The molecule has 2 aromatic heterocycles. The lowest BCUT2D eigenvalue weighted by atomic mass is 9.88. The number of hydrogen-bond donors (Lipinski definition) is 2. The molecule has 1 amide bonds. The first-order chi connectivity index (χ1) is 24.6. The number of pyridine rings is 1. The number of ether oxygens (including phenoxy) is 3. The van der Waals surface area contributed by atoms with Gasteiger partial charge in [0.1, 0.15) is 11.5 Å². The van der Waals surface area contributed by atoms with Gasteiger partial charge in [-0.1, -0.05) is 48.0 Å². The van der Waals surface area contributed by atoms with E-state index in [-0.39, 0.29) is 11.4 Å². The van der Waals surface area contributed by atoms with Crippen LogP contribution in [0.1, 0.15) is 30.9 Å². The Kier molecular flexibility index (Phi) is 8.41. The van der Waals surface area contributed by atoms with Crippen LogP contribution in [0, 0.1) is 0 Å². The van der Waals surface area contributed by atoms with E-state index in [1.807, 2.05) is 72.4 Å². The molecule has 2 N–H and O–H groups in total. The molecule has 3 fully saturated rings. The number of aliphatic hydroxyl groups is 1. The molecule has 3 aliphatic rings. The molecule has 51 heavy (non-hydrogen) atoms. The average molecular weight is 709 g/mol. The van der Waals surface area contributed by atoms with Crippen LogP contribution in [0.4, 0.5) is 0 Å². The second kappa shape index (κ2) is 12.8. The molecular formula is C39H41ClN6O5. The van der Waals surface area contributed by atoms with Gasteiger partial charge >= 0.3 is 0 Å². The third-order valence-electron chi connectivity index (χ3n) is 10.3. The number of β-amino-alcohol motifs (C(OH)–C–C–N with tert-alkyl or cyclic N) is 1. The molecule has 3 aromatic carbocycles. The first kappa shape index (κ1) is 33.5. The Morgan fingerprint density at radius 1 is 0.882 bits per heavy atom. The van der Waals surface area contributed by atoms with Crippen LogP contribution in [0.25, 0.3) is 39.0 Å². The second-order valence-electron chi connectivity index (χ2n) is 14.3. The summed E-state index contributed by atoms with van der Waals surface area (Å²) in [6.45, 7) is 5.98. The van der Waals surface area contributed by atoms with Crippen LogP contribution < -0.4 is 19.5 Å². The van der Waals surface area contributed by atoms with Gasteiger partial charge in [-0.3, -0.25) is 14.6 Å². The van der Waals surface area contributed by atoms with Gasteiger partial charge in [-0.2, -0.15) is 5.10 Å². The summed E-state index contributed by atoms with van der Waals surface area (Å²) < 4.78 is 19.3. The summed E-state index contributed by atoms with van der Waals surface area (Å²) in [6, 6.07) is 20.0. The van der Waals surface area contributed by atoms with E-state index in [4.69, 9.17) is 35.9 Å². The smallest absolute Gasteiger partial charge is 0.220 e. The standard InChI is InChI=1S/C39H41ClN6O5/c1-38(48)20-45(21-38)19-30-33(49-2)15-25(16-34(30)50-3)46-32-10-6-7-26(29(32)17-41-46)27-8-5-9-28(36(27)40)31-12-11-24(37(42-31)51-4)18-44-22-39(23-44)14-13-35(47)43-39/h5-12,15-17,48H,13-14,18-23H2,1-4H3,(H,43,47). The van der Waals surface area contributed by atoms with Crippen molar-refractivity contribution in [3.63, 3.8) is 0 Å². The molecule has 5 heterocycles. The van der Waals surface area contributed by atoms with Crippen molar-refractivity contribution in [2.24, 2.45) is 0 Å². The van der Waals surface area contributed by atoms with E-state index >= 15 is 0 Å². The number of methoxy groups -OCH3 is 3. The van der Waals surface area contributed by atoms with Gasteiger partial charge < -0.3 is 24.6 Å². The normalized spacial score (nSPS) is 18.0. The summed E-state index contributed by atoms with van der Waals surface area (Å²) in [5.74, 6) is 2.08. The summed E-state index contributed by atoms with van der Waals surface area (Å²) >= 11 is 7.20. The first-order valence-electron chi connectivity index (χ1n) is 17.1. The summed E-state index contributed by atoms with van der Waals surface area (Å²) in [6.07, 6.45) is 3.35. The van der Waals surface area contributed by atoms with E-state index < -0.39 is 5.60 Å². The fourth-order valence-corrected chi connectivity index (χ4v) is 8.34. The van der Waals surface area contributed by atoms with Gasteiger partial charge in [0.2, 0.25) is 11.8 Å². The Morgan fingerprint density at radius 3 is 2.24 bits per heavy atom. The number of amides is 1. The maximum Gasteiger partial charge on any atom is 0.220 e. The molecule has 8 rings (SSSR count). The SMILES string of the molecule is COc1cc(-n2ncc3c(-c4cccc(-c5ccc(CN6CC7(CCC(=O)N7)C6)c(OC)n5)c4Cl)cccc32)cc(OC)c1CN1CC(C)(O)C1. The van der Waals surface area contributed by atoms with Crippen molar-refractivity contribution in [1.29, 1.82) is 0 Å². The fraction of sp³-hybridized carbons (Fsp3) is 0.359. The zero-order valence-electron chi connectivity index (χ0n) is 29.2. The van der Waals surface area contributed by atoms with Gasteiger partial charge in [-0.15, -0.1) is 0 Å². The molecule has 0 atom stereocenters. The molecule has 0 radical (unpaired) electrons. The van der Waals surface area contributed by atoms with E-state index in [1.165, 1.54) is 0 Å². The number of nitrogens with one attached hydrogen (secondary N) is 1. The predicted molar refractivity (Wildman–Crippen MR) is 196 cm³/mol. The second-order valence-corrected chi connectivity index (χ2v) is 14.6. The highest BCUT2D eigenvalue weighted by Crippen LogP contribution is 2.41. The number of halogens is 1. The van der Waals surface area contributed by atoms with E-state index in [2.05, 4.69) is 21.2 Å².